The summed E-state index contributed by atoms with van der Waals surface area (Å²) < 4.78 is 12.1. The van der Waals surface area contributed by atoms with Gasteiger partial charge in [0.1, 0.15) is 11.4 Å². The van der Waals surface area contributed by atoms with E-state index in [4.69, 9.17) is 32.7 Å². The van der Waals surface area contributed by atoms with Gasteiger partial charge in [0.2, 0.25) is 0 Å². The van der Waals surface area contributed by atoms with Crippen LogP contribution in [0.15, 0.2) is 42.5 Å². The van der Waals surface area contributed by atoms with Crippen molar-refractivity contribution >= 4 is 46.0 Å². The van der Waals surface area contributed by atoms with Crippen molar-refractivity contribution in [2.24, 2.45) is 0 Å². The highest BCUT2D eigenvalue weighted by Gasteiger charge is 2.18. The van der Waals surface area contributed by atoms with Crippen LogP contribution in [-0.4, -0.2) is 23.1 Å². The Morgan fingerprint density at radius 2 is 1.81 bits per heavy atom. The number of aromatic nitrogens is 1. The monoisotopic (exact) mass is 405 g/mol. The highest BCUT2D eigenvalue weighted by atomic mass is 35.5. The normalized spacial score (nSPS) is 10.8. The van der Waals surface area contributed by atoms with Crippen LogP contribution < -0.4 is 4.74 Å². The maximum Gasteiger partial charge on any atom is 0.354 e. The van der Waals surface area contributed by atoms with E-state index in [2.05, 4.69) is 0 Å². The van der Waals surface area contributed by atoms with Gasteiger partial charge in [-0.2, -0.15) is 0 Å². The molecular formula is C20H17Cl2NO4. The fourth-order valence-corrected chi connectivity index (χ4v) is 3.16. The molecule has 0 saturated heterocycles. The van der Waals surface area contributed by atoms with Crippen LogP contribution in [0.3, 0.4) is 0 Å². The summed E-state index contributed by atoms with van der Waals surface area (Å²) in [5.74, 6) is -0.421. The van der Waals surface area contributed by atoms with E-state index in [0.29, 0.717) is 28.0 Å². The SMILES string of the molecule is CCOC(=O)c1cc2cc(OC(C)=O)ccc2n1Cc1ccc(Cl)c(Cl)c1. The number of hydrogen-bond acceptors (Lipinski definition) is 4. The Hall–Kier alpha value is -2.50. The van der Waals surface area contributed by atoms with E-state index in [1.807, 2.05) is 10.6 Å². The van der Waals surface area contributed by atoms with Crippen LogP contribution in [0.5, 0.6) is 5.75 Å². The van der Waals surface area contributed by atoms with E-state index in [1.54, 1.807) is 43.3 Å². The van der Waals surface area contributed by atoms with Gasteiger partial charge in [-0.3, -0.25) is 4.79 Å². The average Bonchev–Trinajstić information content (AvgIpc) is 2.96. The molecule has 0 fully saturated rings. The third-order valence-corrected chi connectivity index (χ3v) is 4.68. The lowest BCUT2D eigenvalue weighted by molar-refractivity contribution is -0.131. The smallest absolute Gasteiger partial charge is 0.354 e. The largest absolute Gasteiger partial charge is 0.461 e. The van der Waals surface area contributed by atoms with Gasteiger partial charge in [-0.1, -0.05) is 29.3 Å². The zero-order chi connectivity index (χ0) is 19.6. The molecule has 0 atom stereocenters. The highest BCUT2D eigenvalue weighted by molar-refractivity contribution is 6.42. The molecule has 5 nitrogen and oxygen atoms in total. The molecule has 3 rings (SSSR count). The Labute approximate surface area is 166 Å². The number of nitrogens with zero attached hydrogens (tertiary/aromatic N) is 1. The molecule has 0 N–H and O–H groups in total. The van der Waals surface area contributed by atoms with Crippen molar-refractivity contribution in [1.82, 2.24) is 4.57 Å². The molecule has 27 heavy (non-hydrogen) atoms. The Morgan fingerprint density at radius 1 is 1.04 bits per heavy atom. The number of fused-ring (bicyclic) bond motifs is 1. The van der Waals surface area contributed by atoms with Crippen molar-refractivity contribution in [3.8, 4) is 5.75 Å². The van der Waals surface area contributed by atoms with E-state index in [9.17, 15) is 9.59 Å². The molecule has 1 heterocycles. The molecule has 0 aliphatic heterocycles. The number of esters is 2. The maximum absolute atomic E-state index is 12.4. The molecule has 0 aliphatic carbocycles. The Morgan fingerprint density at radius 3 is 2.48 bits per heavy atom. The first-order chi connectivity index (χ1) is 12.9. The molecule has 0 radical (unpaired) electrons. The summed E-state index contributed by atoms with van der Waals surface area (Å²) >= 11 is 12.1. The second-order valence-electron chi connectivity index (χ2n) is 5.90. The summed E-state index contributed by atoms with van der Waals surface area (Å²) in [5, 5.41) is 1.67. The van der Waals surface area contributed by atoms with Gasteiger partial charge >= 0.3 is 11.9 Å². The number of hydrogen-bond donors (Lipinski definition) is 0. The van der Waals surface area contributed by atoms with E-state index in [-0.39, 0.29) is 6.61 Å². The summed E-state index contributed by atoms with van der Waals surface area (Å²) in [5.41, 5.74) is 2.09. The summed E-state index contributed by atoms with van der Waals surface area (Å²) in [4.78, 5) is 23.6. The Bertz CT molecular complexity index is 1030. The molecule has 0 unspecified atom stereocenters. The lowest BCUT2D eigenvalue weighted by Crippen LogP contribution is -2.12. The van der Waals surface area contributed by atoms with Gasteiger partial charge in [0.15, 0.2) is 0 Å². The third-order valence-electron chi connectivity index (χ3n) is 3.94. The molecule has 7 heteroatoms. The van der Waals surface area contributed by atoms with Gasteiger partial charge in [-0.05, 0) is 48.9 Å². The van der Waals surface area contributed by atoms with Crippen LogP contribution in [0.4, 0.5) is 0 Å². The Kier molecular flexibility index (Phi) is 5.73. The van der Waals surface area contributed by atoms with Crippen LogP contribution in [0.1, 0.15) is 29.9 Å². The quantitative estimate of drug-likeness (QED) is 0.437. The molecule has 0 aliphatic rings. The second kappa shape index (κ2) is 8.03. The van der Waals surface area contributed by atoms with E-state index < -0.39 is 11.9 Å². The number of carbonyl (C=O) groups excluding carboxylic acids is 2. The second-order valence-corrected chi connectivity index (χ2v) is 6.71. The van der Waals surface area contributed by atoms with Crippen molar-refractivity contribution in [3.63, 3.8) is 0 Å². The predicted molar refractivity (Wildman–Crippen MR) is 105 cm³/mol. The lowest BCUT2D eigenvalue weighted by Gasteiger charge is -2.11. The zero-order valence-corrected chi connectivity index (χ0v) is 16.3. The average molecular weight is 406 g/mol. The van der Waals surface area contributed by atoms with Crippen LogP contribution in [-0.2, 0) is 16.1 Å². The molecule has 0 amide bonds. The first kappa shape index (κ1) is 19.3. The fraction of sp³-hybridized carbons (Fsp3) is 0.200. The summed E-state index contributed by atoms with van der Waals surface area (Å²) in [6.07, 6.45) is 0. The number of halogens is 2. The zero-order valence-electron chi connectivity index (χ0n) is 14.8. The molecule has 3 aromatic rings. The van der Waals surface area contributed by atoms with Crippen molar-refractivity contribution in [2.45, 2.75) is 20.4 Å². The highest BCUT2D eigenvalue weighted by Crippen LogP contribution is 2.28. The molecule has 140 valence electrons. The van der Waals surface area contributed by atoms with Crippen molar-refractivity contribution < 1.29 is 19.1 Å². The van der Waals surface area contributed by atoms with Crippen molar-refractivity contribution in [1.29, 1.82) is 0 Å². The van der Waals surface area contributed by atoms with Gasteiger partial charge in [0, 0.05) is 24.4 Å². The maximum atomic E-state index is 12.4. The van der Waals surface area contributed by atoms with Crippen LogP contribution in [0.25, 0.3) is 10.9 Å². The van der Waals surface area contributed by atoms with Crippen molar-refractivity contribution in [3.05, 3.63) is 63.8 Å². The summed E-state index contributed by atoms with van der Waals surface area (Å²) in [7, 11) is 0. The Balaban J connectivity index is 2.08. The van der Waals surface area contributed by atoms with Gasteiger partial charge in [0.25, 0.3) is 0 Å². The van der Waals surface area contributed by atoms with E-state index in [0.717, 1.165) is 16.5 Å². The summed E-state index contributed by atoms with van der Waals surface area (Å²) in [6, 6.07) is 12.2. The van der Waals surface area contributed by atoms with Crippen molar-refractivity contribution in [2.75, 3.05) is 6.61 Å². The van der Waals surface area contributed by atoms with E-state index >= 15 is 0 Å². The predicted octanol–water partition coefficient (Wildman–Crippen LogP) is 5.10. The van der Waals surface area contributed by atoms with Crippen LogP contribution >= 0.6 is 23.2 Å². The molecule has 0 bridgehead atoms. The standard InChI is InChI=1S/C20H17Cl2NO4/c1-3-26-20(25)19-10-14-9-15(27-12(2)24)5-7-18(14)23(19)11-13-4-6-16(21)17(22)8-13/h4-10H,3,11H2,1-2H3. The minimum Gasteiger partial charge on any atom is -0.461 e. The minimum atomic E-state index is -0.428. The fourth-order valence-electron chi connectivity index (χ4n) is 2.84. The number of benzene rings is 2. The van der Waals surface area contributed by atoms with Crippen LogP contribution in [0.2, 0.25) is 10.0 Å². The van der Waals surface area contributed by atoms with Gasteiger partial charge in [0.05, 0.1) is 16.7 Å². The molecule has 2 aromatic carbocycles. The minimum absolute atomic E-state index is 0.270. The number of rotatable bonds is 5. The van der Waals surface area contributed by atoms with Gasteiger partial charge in [-0.15, -0.1) is 0 Å². The molecular weight excluding hydrogens is 389 g/mol. The summed E-state index contributed by atoms with van der Waals surface area (Å²) in [6.45, 7) is 3.76. The lowest BCUT2D eigenvalue weighted by atomic mass is 10.2. The number of carbonyl (C=O) groups is 2. The first-order valence-electron chi connectivity index (χ1n) is 8.31. The van der Waals surface area contributed by atoms with Gasteiger partial charge < -0.3 is 14.0 Å². The molecule has 1 aromatic heterocycles. The first-order valence-corrected chi connectivity index (χ1v) is 9.07. The third kappa shape index (κ3) is 4.26. The topological polar surface area (TPSA) is 57.5 Å². The molecule has 0 spiro atoms. The van der Waals surface area contributed by atoms with Gasteiger partial charge in [-0.25, -0.2) is 4.79 Å². The van der Waals surface area contributed by atoms with Crippen LogP contribution in [0, 0.1) is 0 Å². The number of ether oxygens (including phenoxy) is 2. The van der Waals surface area contributed by atoms with E-state index in [1.165, 1.54) is 6.92 Å². The molecule has 0 saturated carbocycles.